The zero-order valence-electron chi connectivity index (χ0n) is 18.0. The maximum atomic E-state index is 12.5. The van der Waals surface area contributed by atoms with Crippen LogP contribution in [0.3, 0.4) is 0 Å². The van der Waals surface area contributed by atoms with Crippen molar-refractivity contribution >= 4 is 5.91 Å². The number of ether oxygens (including phenoxy) is 2. The molecule has 0 saturated heterocycles. The SMILES string of the molecule is CCC(Oc1cc(C)cc(C)c1)C(=O)NCCOc1ccccc1C(C)(C)C. The Morgan fingerprint density at radius 1 is 1.07 bits per heavy atom. The van der Waals surface area contributed by atoms with E-state index in [4.69, 9.17) is 9.47 Å². The van der Waals surface area contributed by atoms with Gasteiger partial charge in [0.1, 0.15) is 18.1 Å². The second kappa shape index (κ2) is 9.63. The van der Waals surface area contributed by atoms with E-state index < -0.39 is 6.10 Å². The molecule has 1 N–H and O–H groups in total. The average molecular weight is 384 g/mol. The molecule has 0 radical (unpaired) electrons. The summed E-state index contributed by atoms with van der Waals surface area (Å²) in [5.41, 5.74) is 3.41. The van der Waals surface area contributed by atoms with E-state index in [0.29, 0.717) is 19.6 Å². The number of nitrogens with one attached hydrogen (secondary N) is 1. The predicted octanol–water partition coefficient (Wildman–Crippen LogP) is 4.95. The molecule has 4 heteroatoms. The Kier molecular flexibility index (Phi) is 7.50. The molecule has 0 bridgehead atoms. The summed E-state index contributed by atoms with van der Waals surface area (Å²) in [6.07, 6.45) is 0.0927. The number of amides is 1. The predicted molar refractivity (Wildman–Crippen MR) is 114 cm³/mol. The van der Waals surface area contributed by atoms with E-state index in [1.807, 2.05) is 51.1 Å². The van der Waals surface area contributed by atoms with Crippen molar-refractivity contribution in [3.63, 3.8) is 0 Å². The molecular formula is C24H33NO3. The smallest absolute Gasteiger partial charge is 0.261 e. The highest BCUT2D eigenvalue weighted by atomic mass is 16.5. The number of aryl methyl sites for hydroxylation is 2. The Morgan fingerprint density at radius 2 is 1.71 bits per heavy atom. The first-order chi connectivity index (χ1) is 13.2. The van der Waals surface area contributed by atoms with Gasteiger partial charge in [-0.3, -0.25) is 4.79 Å². The Morgan fingerprint density at radius 3 is 2.32 bits per heavy atom. The lowest BCUT2D eigenvalue weighted by molar-refractivity contribution is -0.128. The molecule has 2 rings (SSSR count). The summed E-state index contributed by atoms with van der Waals surface area (Å²) < 4.78 is 11.8. The van der Waals surface area contributed by atoms with Crippen LogP contribution in [0.25, 0.3) is 0 Å². The van der Waals surface area contributed by atoms with Crippen molar-refractivity contribution in [1.29, 1.82) is 0 Å². The highest BCUT2D eigenvalue weighted by Crippen LogP contribution is 2.30. The third-order valence-electron chi connectivity index (χ3n) is 4.49. The second-order valence-corrected chi connectivity index (χ2v) is 8.22. The lowest BCUT2D eigenvalue weighted by Crippen LogP contribution is -2.39. The molecule has 0 aliphatic rings. The van der Waals surface area contributed by atoms with Gasteiger partial charge in [0.25, 0.3) is 5.91 Å². The number of hydrogen-bond acceptors (Lipinski definition) is 3. The number of benzene rings is 2. The number of rotatable bonds is 8. The fourth-order valence-electron chi connectivity index (χ4n) is 3.15. The normalized spacial score (nSPS) is 12.4. The molecule has 1 unspecified atom stereocenters. The molecule has 1 atom stereocenters. The molecule has 152 valence electrons. The van der Waals surface area contributed by atoms with Crippen molar-refractivity contribution in [2.75, 3.05) is 13.2 Å². The van der Waals surface area contributed by atoms with Crippen molar-refractivity contribution in [1.82, 2.24) is 5.32 Å². The Bertz CT molecular complexity index is 772. The van der Waals surface area contributed by atoms with Crippen molar-refractivity contribution < 1.29 is 14.3 Å². The minimum atomic E-state index is -0.511. The molecule has 28 heavy (non-hydrogen) atoms. The third kappa shape index (κ3) is 6.29. The summed E-state index contributed by atoms with van der Waals surface area (Å²) in [4.78, 5) is 12.5. The van der Waals surface area contributed by atoms with Crippen molar-refractivity contribution in [3.8, 4) is 11.5 Å². The molecule has 0 spiro atoms. The molecule has 0 aliphatic heterocycles. The Hall–Kier alpha value is -2.49. The summed E-state index contributed by atoms with van der Waals surface area (Å²) >= 11 is 0. The number of hydrogen-bond donors (Lipinski definition) is 1. The average Bonchev–Trinajstić information content (AvgIpc) is 2.61. The molecule has 0 saturated carbocycles. The van der Waals surface area contributed by atoms with Gasteiger partial charge in [-0.2, -0.15) is 0 Å². The van der Waals surface area contributed by atoms with Crippen molar-refractivity contribution in [3.05, 3.63) is 59.2 Å². The van der Waals surface area contributed by atoms with Crippen molar-refractivity contribution in [2.24, 2.45) is 0 Å². The highest BCUT2D eigenvalue weighted by Gasteiger charge is 2.20. The summed E-state index contributed by atoms with van der Waals surface area (Å²) in [7, 11) is 0. The largest absolute Gasteiger partial charge is 0.491 e. The lowest BCUT2D eigenvalue weighted by Gasteiger charge is -2.23. The summed E-state index contributed by atoms with van der Waals surface area (Å²) in [6, 6.07) is 14.0. The van der Waals surface area contributed by atoms with Gasteiger partial charge in [-0.1, -0.05) is 52.0 Å². The molecular weight excluding hydrogens is 350 g/mol. The molecule has 0 aromatic heterocycles. The summed E-state index contributed by atoms with van der Waals surface area (Å²) in [6.45, 7) is 13.3. The Balaban J connectivity index is 1.87. The van der Waals surface area contributed by atoms with Crippen LogP contribution in [0, 0.1) is 13.8 Å². The summed E-state index contributed by atoms with van der Waals surface area (Å²) in [5, 5.41) is 2.92. The standard InChI is InChI=1S/C24H33NO3/c1-7-21(28-19-15-17(2)14-18(3)16-19)23(26)25-12-13-27-22-11-9-8-10-20(22)24(4,5)6/h8-11,14-16,21H,7,12-13H2,1-6H3,(H,25,26). The van der Waals surface area contributed by atoms with Gasteiger partial charge >= 0.3 is 0 Å². The molecule has 0 heterocycles. The van der Waals surface area contributed by atoms with Gasteiger partial charge in [0.05, 0.1) is 6.54 Å². The molecule has 0 aliphatic carbocycles. The molecule has 1 amide bonds. The second-order valence-electron chi connectivity index (χ2n) is 8.22. The maximum Gasteiger partial charge on any atom is 0.261 e. The summed E-state index contributed by atoms with van der Waals surface area (Å²) in [5.74, 6) is 1.48. The molecule has 0 fully saturated rings. The van der Waals surface area contributed by atoms with Gasteiger partial charge in [-0.25, -0.2) is 0 Å². The monoisotopic (exact) mass is 383 g/mol. The zero-order valence-corrected chi connectivity index (χ0v) is 18.0. The van der Waals surface area contributed by atoms with E-state index in [-0.39, 0.29) is 11.3 Å². The first-order valence-electron chi connectivity index (χ1n) is 9.95. The van der Waals surface area contributed by atoms with Crippen LogP contribution in [0.5, 0.6) is 11.5 Å². The zero-order chi connectivity index (χ0) is 20.7. The molecule has 4 nitrogen and oxygen atoms in total. The first-order valence-corrected chi connectivity index (χ1v) is 9.95. The minimum Gasteiger partial charge on any atom is -0.491 e. The number of carbonyl (C=O) groups excluding carboxylic acids is 1. The van der Waals surface area contributed by atoms with E-state index in [1.54, 1.807) is 0 Å². The van der Waals surface area contributed by atoms with Gasteiger partial charge in [-0.15, -0.1) is 0 Å². The number of para-hydroxylation sites is 1. The fourth-order valence-corrected chi connectivity index (χ4v) is 3.15. The van der Waals surface area contributed by atoms with Crippen LogP contribution in [0.4, 0.5) is 0 Å². The van der Waals surface area contributed by atoms with Crippen molar-refractivity contribution in [2.45, 2.75) is 59.5 Å². The van der Waals surface area contributed by atoms with Crippen LogP contribution in [0.2, 0.25) is 0 Å². The van der Waals surface area contributed by atoms with Crippen LogP contribution >= 0.6 is 0 Å². The van der Waals surface area contributed by atoms with Gasteiger partial charge in [0, 0.05) is 0 Å². The maximum absolute atomic E-state index is 12.5. The van der Waals surface area contributed by atoms with E-state index in [9.17, 15) is 4.79 Å². The van der Waals surface area contributed by atoms with Crippen LogP contribution in [-0.2, 0) is 10.2 Å². The van der Waals surface area contributed by atoms with E-state index >= 15 is 0 Å². The van der Waals surface area contributed by atoms with Gasteiger partial charge in [0.2, 0.25) is 0 Å². The van der Waals surface area contributed by atoms with Gasteiger partial charge in [-0.05, 0) is 60.6 Å². The fraction of sp³-hybridized carbons (Fsp3) is 0.458. The van der Waals surface area contributed by atoms with Gasteiger partial charge in [0.15, 0.2) is 6.10 Å². The van der Waals surface area contributed by atoms with Crippen LogP contribution in [-0.4, -0.2) is 25.2 Å². The lowest BCUT2D eigenvalue weighted by atomic mass is 9.86. The quantitative estimate of drug-likeness (QED) is 0.656. The first kappa shape index (κ1) is 21.8. The minimum absolute atomic E-state index is 0.00688. The van der Waals surface area contributed by atoms with Crippen LogP contribution in [0.15, 0.2) is 42.5 Å². The molecule has 2 aromatic rings. The third-order valence-corrected chi connectivity index (χ3v) is 4.49. The topological polar surface area (TPSA) is 47.6 Å². The van der Waals surface area contributed by atoms with Crippen LogP contribution < -0.4 is 14.8 Å². The van der Waals surface area contributed by atoms with E-state index in [1.165, 1.54) is 0 Å². The number of carbonyl (C=O) groups is 1. The molecule has 2 aromatic carbocycles. The Labute approximate surface area is 169 Å². The van der Waals surface area contributed by atoms with E-state index in [2.05, 4.69) is 38.2 Å². The van der Waals surface area contributed by atoms with E-state index in [0.717, 1.165) is 28.2 Å². The highest BCUT2D eigenvalue weighted by molar-refractivity contribution is 5.81. The van der Waals surface area contributed by atoms with Gasteiger partial charge < -0.3 is 14.8 Å². The van der Waals surface area contributed by atoms with Crippen LogP contribution in [0.1, 0.15) is 50.8 Å².